The highest BCUT2D eigenvalue weighted by molar-refractivity contribution is 6.30. The monoisotopic (exact) mass is 351 g/mol. The number of halogens is 1. The molecule has 2 aromatic carbocycles. The molecule has 0 unspecified atom stereocenters. The SMILES string of the molecule is CC(C)CCNc1ncc(-c2cccc(Cl)c2)c(-c2ccccc2)n1. The second kappa shape index (κ2) is 8.13. The zero-order valence-electron chi connectivity index (χ0n) is 14.5. The molecule has 3 nitrogen and oxygen atoms in total. The van der Waals surface area contributed by atoms with Crippen LogP contribution in [0.15, 0.2) is 60.8 Å². The van der Waals surface area contributed by atoms with E-state index < -0.39 is 0 Å². The summed E-state index contributed by atoms with van der Waals surface area (Å²) in [6, 6.07) is 18.0. The summed E-state index contributed by atoms with van der Waals surface area (Å²) < 4.78 is 0. The first-order chi connectivity index (χ1) is 12.1. The lowest BCUT2D eigenvalue weighted by Gasteiger charge is -2.12. The van der Waals surface area contributed by atoms with E-state index in [1.54, 1.807) is 0 Å². The quantitative estimate of drug-likeness (QED) is 0.598. The molecule has 0 saturated heterocycles. The highest BCUT2D eigenvalue weighted by Gasteiger charge is 2.12. The van der Waals surface area contributed by atoms with Crippen molar-refractivity contribution in [2.45, 2.75) is 20.3 Å². The molecule has 1 heterocycles. The van der Waals surface area contributed by atoms with E-state index in [0.29, 0.717) is 16.9 Å². The second-order valence-electron chi connectivity index (χ2n) is 6.44. The maximum absolute atomic E-state index is 6.17. The van der Waals surface area contributed by atoms with Crippen LogP contribution in [0.25, 0.3) is 22.4 Å². The molecule has 0 amide bonds. The molecule has 25 heavy (non-hydrogen) atoms. The molecule has 128 valence electrons. The Labute approximate surface area is 154 Å². The zero-order chi connectivity index (χ0) is 17.6. The van der Waals surface area contributed by atoms with Gasteiger partial charge in [0.1, 0.15) is 0 Å². The highest BCUT2D eigenvalue weighted by Crippen LogP contribution is 2.31. The van der Waals surface area contributed by atoms with Crippen molar-refractivity contribution in [3.8, 4) is 22.4 Å². The minimum absolute atomic E-state index is 0.645. The molecule has 0 saturated carbocycles. The lowest BCUT2D eigenvalue weighted by Crippen LogP contribution is -2.08. The molecule has 1 N–H and O–H groups in total. The molecule has 0 aliphatic carbocycles. The van der Waals surface area contributed by atoms with Gasteiger partial charge in [-0.2, -0.15) is 0 Å². The Hall–Kier alpha value is -2.39. The van der Waals surface area contributed by atoms with Gasteiger partial charge >= 0.3 is 0 Å². The van der Waals surface area contributed by atoms with Gasteiger partial charge in [0, 0.05) is 28.9 Å². The molecule has 0 atom stereocenters. The molecule has 0 radical (unpaired) electrons. The molecule has 0 aliphatic heterocycles. The van der Waals surface area contributed by atoms with Gasteiger partial charge in [-0.25, -0.2) is 9.97 Å². The Morgan fingerprint density at radius 1 is 1.00 bits per heavy atom. The average Bonchev–Trinajstić information content (AvgIpc) is 2.62. The summed E-state index contributed by atoms with van der Waals surface area (Å²) in [4.78, 5) is 9.28. The van der Waals surface area contributed by atoms with Crippen LogP contribution >= 0.6 is 11.6 Å². The van der Waals surface area contributed by atoms with E-state index in [1.165, 1.54) is 0 Å². The number of rotatable bonds is 6. The summed E-state index contributed by atoms with van der Waals surface area (Å²) in [5, 5.41) is 4.03. The summed E-state index contributed by atoms with van der Waals surface area (Å²) in [7, 11) is 0. The van der Waals surface area contributed by atoms with Gasteiger partial charge in [0.05, 0.1) is 5.69 Å². The van der Waals surface area contributed by atoms with Crippen LogP contribution in [0.5, 0.6) is 0 Å². The number of aromatic nitrogens is 2. The molecular weight excluding hydrogens is 330 g/mol. The van der Waals surface area contributed by atoms with Crippen LogP contribution < -0.4 is 5.32 Å². The van der Waals surface area contributed by atoms with E-state index in [-0.39, 0.29) is 0 Å². The van der Waals surface area contributed by atoms with Crippen molar-refractivity contribution in [3.63, 3.8) is 0 Å². The fourth-order valence-corrected chi connectivity index (χ4v) is 2.81. The van der Waals surface area contributed by atoms with Crippen molar-refractivity contribution in [2.75, 3.05) is 11.9 Å². The first-order valence-electron chi connectivity index (χ1n) is 8.56. The molecule has 3 rings (SSSR count). The van der Waals surface area contributed by atoms with Crippen molar-refractivity contribution >= 4 is 17.5 Å². The highest BCUT2D eigenvalue weighted by atomic mass is 35.5. The Kier molecular flexibility index (Phi) is 5.67. The van der Waals surface area contributed by atoms with Gasteiger partial charge in [-0.1, -0.05) is 67.9 Å². The summed E-state index contributed by atoms with van der Waals surface area (Å²) in [5.41, 5.74) is 3.96. The van der Waals surface area contributed by atoms with Crippen LogP contribution in [-0.4, -0.2) is 16.5 Å². The van der Waals surface area contributed by atoms with Gasteiger partial charge in [-0.3, -0.25) is 0 Å². The maximum Gasteiger partial charge on any atom is 0.223 e. The third-order valence-corrected chi connectivity index (χ3v) is 4.21. The number of nitrogens with one attached hydrogen (secondary N) is 1. The Bertz CT molecular complexity index is 832. The van der Waals surface area contributed by atoms with Crippen LogP contribution in [0.2, 0.25) is 5.02 Å². The van der Waals surface area contributed by atoms with Crippen molar-refractivity contribution in [1.82, 2.24) is 9.97 Å². The smallest absolute Gasteiger partial charge is 0.223 e. The van der Waals surface area contributed by atoms with E-state index in [1.807, 2.05) is 48.7 Å². The van der Waals surface area contributed by atoms with Crippen LogP contribution in [-0.2, 0) is 0 Å². The van der Waals surface area contributed by atoms with Gasteiger partial charge in [0.15, 0.2) is 0 Å². The van der Waals surface area contributed by atoms with Gasteiger partial charge in [-0.05, 0) is 30.0 Å². The molecule has 3 aromatic rings. The van der Waals surface area contributed by atoms with Crippen LogP contribution in [0.3, 0.4) is 0 Å². The van der Waals surface area contributed by atoms with Gasteiger partial charge in [0.25, 0.3) is 0 Å². The fraction of sp³-hybridized carbons (Fsp3) is 0.238. The normalized spacial score (nSPS) is 10.9. The lowest BCUT2D eigenvalue weighted by molar-refractivity contribution is 0.606. The lowest BCUT2D eigenvalue weighted by atomic mass is 10.0. The van der Waals surface area contributed by atoms with Gasteiger partial charge in [0.2, 0.25) is 5.95 Å². The first kappa shape index (κ1) is 17.4. The molecular formula is C21H22ClN3. The van der Waals surface area contributed by atoms with Crippen LogP contribution in [0, 0.1) is 5.92 Å². The topological polar surface area (TPSA) is 37.8 Å². The predicted octanol–water partition coefficient (Wildman–Crippen LogP) is 5.92. The number of hydrogen-bond acceptors (Lipinski definition) is 3. The Morgan fingerprint density at radius 3 is 2.48 bits per heavy atom. The molecule has 0 spiro atoms. The minimum atomic E-state index is 0.645. The first-order valence-corrected chi connectivity index (χ1v) is 8.93. The van der Waals surface area contributed by atoms with Crippen molar-refractivity contribution < 1.29 is 0 Å². The summed E-state index contributed by atoms with van der Waals surface area (Å²) in [6.45, 7) is 5.28. The largest absolute Gasteiger partial charge is 0.354 e. The third kappa shape index (κ3) is 4.58. The average molecular weight is 352 g/mol. The van der Waals surface area contributed by atoms with E-state index in [9.17, 15) is 0 Å². The number of benzene rings is 2. The van der Waals surface area contributed by atoms with Gasteiger partial charge in [-0.15, -0.1) is 0 Å². The van der Waals surface area contributed by atoms with Crippen molar-refractivity contribution in [1.29, 1.82) is 0 Å². The van der Waals surface area contributed by atoms with Gasteiger partial charge < -0.3 is 5.32 Å². The number of hydrogen-bond donors (Lipinski definition) is 1. The second-order valence-corrected chi connectivity index (χ2v) is 6.88. The van der Waals surface area contributed by atoms with Crippen LogP contribution in [0.4, 0.5) is 5.95 Å². The van der Waals surface area contributed by atoms with E-state index in [2.05, 4.69) is 36.3 Å². The number of nitrogens with zero attached hydrogens (tertiary/aromatic N) is 2. The minimum Gasteiger partial charge on any atom is -0.354 e. The molecule has 0 fully saturated rings. The van der Waals surface area contributed by atoms with E-state index in [4.69, 9.17) is 16.6 Å². The molecule has 1 aromatic heterocycles. The van der Waals surface area contributed by atoms with E-state index in [0.717, 1.165) is 35.3 Å². The Balaban J connectivity index is 2.00. The summed E-state index contributed by atoms with van der Waals surface area (Å²) in [6.07, 6.45) is 2.96. The molecule has 0 aliphatic rings. The van der Waals surface area contributed by atoms with Crippen LogP contribution in [0.1, 0.15) is 20.3 Å². The maximum atomic E-state index is 6.17. The van der Waals surface area contributed by atoms with E-state index >= 15 is 0 Å². The number of anilines is 1. The molecule has 4 heteroatoms. The van der Waals surface area contributed by atoms with Crippen molar-refractivity contribution in [3.05, 3.63) is 65.8 Å². The molecule has 0 bridgehead atoms. The fourth-order valence-electron chi connectivity index (χ4n) is 2.62. The zero-order valence-corrected chi connectivity index (χ0v) is 15.3. The third-order valence-electron chi connectivity index (χ3n) is 3.98. The van der Waals surface area contributed by atoms with Crippen molar-refractivity contribution in [2.24, 2.45) is 5.92 Å². The summed E-state index contributed by atoms with van der Waals surface area (Å²) in [5.74, 6) is 1.30. The predicted molar refractivity (Wildman–Crippen MR) is 106 cm³/mol. The standard InChI is InChI=1S/C21H22ClN3/c1-15(2)11-12-23-21-24-14-19(17-9-6-10-18(22)13-17)20(25-21)16-7-4-3-5-8-16/h3-10,13-15H,11-12H2,1-2H3,(H,23,24,25). The summed E-state index contributed by atoms with van der Waals surface area (Å²) >= 11 is 6.17. The Morgan fingerprint density at radius 2 is 1.76 bits per heavy atom.